The Morgan fingerprint density at radius 1 is 1.00 bits per heavy atom. The SMILES string of the molecule is Clc1ccc(/C=C2\COc3ccccc3C2)cc1. The average molecular weight is 257 g/mol. The van der Waals surface area contributed by atoms with Gasteiger partial charge in [-0.3, -0.25) is 0 Å². The summed E-state index contributed by atoms with van der Waals surface area (Å²) in [5.74, 6) is 1.01. The van der Waals surface area contributed by atoms with Gasteiger partial charge in [-0.2, -0.15) is 0 Å². The van der Waals surface area contributed by atoms with Gasteiger partial charge in [-0.1, -0.05) is 48.0 Å². The lowest BCUT2D eigenvalue weighted by Gasteiger charge is -2.19. The van der Waals surface area contributed by atoms with Crippen LogP contribution >= 0.6 is 11.6 Å². The van der Waals surface area contributed by atoms with Crippen LogP contribution < -0.4 is 4.74 Å². The fourth-order valence-electron chi connectivity index (χ4n) is 2.14. The number of para-hydroxylation sites is 1. The van der Waals surface area contributed by atoms with Crippen molar-refractivity contribution in [3.63, 3.8) is 0 Å². The Morgan fingerprint density at radius 3 is 2.61 bits per heavy atom. The maximum Gasteiger partial charge on any atom is 0.123 e. The summed E-state index contributed by atoms with van der Waals surface area (Å²) < 4.78 is 5.74. The van der Waals surface area contributed by atoms with Crippen molar-refractivity contribution < 1.29 is 4.74 Å². The molecule has 0 atom stereocenters. The molecule has 0 unspecified atom stereocenters. The van der Waals surface area contributed by atoms with Crippen LogP contribution in [0.3, 0.4) is 0 Å². The minimum atomic E-state index is 0.666. The van der Waals surface area contributed by atoms with Crippen LogP contribution in [0.15, 0.2) is 54.1 Å². The molecule has 0 spiro atoms. The van der Waals surface area contributed by atoms with Crippen LogP contribution in [0.5, 0.6) is 5.75 Å². The lowest BCUT2D eigenvalue weighted by Crippen LogP contribution is -2.11. The molecular formula is C16H13ClO. The number of hydrogen-bond acceptors (Lipinski definition) is 1. The zero-order chi connectivity index (χ0) is 12.4. The van der Waals surface area contributed by atoms with E-state index in [1.54, 1.807) is 0 Å². The van der Waals surface area contributed by atoms with Gasteiger partial charge in [-0.15, -0.1) is 0 Å². The highest BCUT2D eigenvalue weighted by Gasteiger charge is 2.12. The highest BCUT2D eigenvalue weighted by atomic mass is 35.5. The third-order valence-electron chi connectivity index (χ3n) is 3.04. The minimum absolute atomic E-state index is 0.666. The molecule has 2 aromatic carbocycles. The first-order valence-electron chi connectivity index (χ1n) is 5.97. The van der Waals surface area contributed by atoms with E-state index in [-0.39, 0.29) is 0 Å². The van der Waals surface area contributed by atoms with Crippen LogP contribution in [0, 0.1) is 0 Å². The maximum atomic E-state index is 5.88. The Labute approximate surface area is 112 Å². The van der Waals surface area contributed by atoms with E-state index in [4.69, 9.17) is 16.3 Å². The predicted octanol–water partition coefficient (Wildman–Crippen LogP) is 4.36. The zero-order valence-corrected chi connectivity index (χ0v) is 10.7. The van der Waals surface area contributed by atoms with Crippen LogP contribution in [0.25, 0.3) is 6.08 Å². The van der Waals surface area contributed by atoms with Crippen molar-refractivity contribution in [2.45, 2.75) is 6.42 Å². The third-order valence-corrected chi connectivity index (χ3v) is 3.30. The molecule has 18 heavy (non-hydrogen) atoms. The molecule has 2 heteroatoms. The minimum Gasteiger partial charge on any atom is -0.489 e. The molecule has 0 aromatic heterocycles. The van der Waals surface area contributed by atoms with Gasteiger partial charge in [0.25, 0.3) is 0 Å². The number of ether oxygens (including phenoxy) is 1. The van der Waals surface area contributed by atoms with Crippen LogP contribution in [-0.4, -0.2) is 6.61 Å². The lowest BCUT2D eigenvalue weighted by atomic mass is 10.00. The van der Waals surface area contributed by atoms with E-state index in [2.05, 4.69) is 12.1 Å². The van der Waals surface area contributed by atoms with Crippen molar-refractivity contribution in [2.24, 2.45) is 0 Å². The molecule has 0 N–H and O–H groups in total. The van der Waals surface area contributed by atoms with Gasteiger partial charge in [0.05, 0.1) is 0 Å². The van der Waals surface area contributed by atoms with E-state index >= 15 is 0 Å². The largest absolute Gasteiger partial charge is 0.489 e. The molecule has 0 saturated carbocycles. The summed E-state index contributed by atoms with van der Waals surface area (Å²) in [6.07, 6.45) is 3.13. The van der Waals surface area contributed by atoms with Gasteiger partial charge < -0.3 is 4.74 Å². The standard InChI is InChI=1S/C16H13ClO/c17-15-7-5-12(6-8-15)9-13-10-14-3-1-2-4-16(14)18-11-13/h1-9H,10-11H2/b13-9-. The first-order chi connectivity index (χ1) is 8.81. The number of hydrogen-bond donors (Lipinski definition) is 0. The van der Waals surface area contributed by atoms with E-state index in [9.17, 15) is 0 Å². The molecule has 1 heterocycles. The Kier molecular flexibility index (Phi) is 3.07. The number of halogens is 1. The summed E-state index contributed by atoms with van der Waals surface area (Å²) in [5, 5.41) is 0.766. The van der Waals surface area contributed by atoms with Gasteiger partial charge in [0, 0.05) is 11.4 Å². The van der Waals surface area contributed by atoms with Crippen molar-refractivity contribution in [3.05, 3.63) is 70.3 Å². The highest BCUT2D eigenvalue weighted by molar-refractivity contribution is 6.30. The predicted molar refractivity (Wildman–Crippen MR) is 75.1 cm³/mol. The van der Waals surface area contributed by atoms with Crippen molar-refractivity contribution >= 4 is 17.7 Å². The molecule has 0 bridgehead atoms. The molecule has 0 saturated heterocycles. The van der Waals surface area contributed by atoms with Crippen LogP contribution in [0.1, 0.15) is 11.1 Å². The lowest BCUT2D eigenvalue weighted by molar-refractivity contribution is 0.333. The van der Waals surface area contributed by atoms with Gasteiger partial charge in [0.1, 0.15) is 12.4 Å². The molecular weight excluding hydrogens is 244 g/mol. The van der Waals surface area contributed by atoms with Gasteiger partial charge in [0.15, 0.2) is 0 Å². The summed E-state index contributed by atoms with van der Waals surface area (Å²) in [4.78, 5) is 0. The number of benzene rings is 2. The van der Waals surface area contributed by atoms with Crippen LogP contribution in [0.4, 0.5) is 0 Å². The smallest absolute Gasteiger partial charge is 0.123 e. The van der Waals surface area contributed by atoms with Crippen molar-refractivity contribution in [3.8, 4) is 5.75 Å². The van der Waals surface area contributed by atoms with Gasteiger partial charge in [-0.05, 0) is 34.9 Å². The second-order valence-electron chi connectivity index (χ2n) is 4.43. The molecule has 0 fully saturated rings. The summed E-state index contributed by atoms with van der Waals surface area (Å²) in [7, 11) is 0. The number of rotatable bonds is 1. The Hall–Kier alpha value is -1.73. The number of fused-ring (bicyclic) bond motifs is 1. The van der Waals surface area contributed by atoms with E-state index in [1.807, 2.05) is 42.5 Å². The normalized spacial score (nSPS) is 16.2. The summed E-state index contributed by atoms with van der Waals surface area (Å²) in [6.45, 7) is 0.666. The topological polar surface area (TPSA) is 9.23 Å². The summed E-state index contributed by atoms with van der Waals surface area (Å²) >= 11 is 5.88. The quantitative estimate of drug-likeness (QED) is 0.737. The molecule has 2 aromatic rings. The summed E-state index contributed by atoms with van der Waals surface area (Å²) in [5.41, 5.74) is 3.71. The fraction of sp³-hybridized carbons (Fsp3) is 0.125. The van der Waals surface area contributed by atoms with E-state index in [1.165, 1.54) is 11.1 Å². The van der Waals surface area contributed by atoms with Gasteiger partial charge in [0.2, 0.25) is 0 Å². The monoisotopic (exact) mass is 256 g/mol. The third kappa shape index (κ3) is 2.41. The first kappa shape index (κ1) is 11.4. The highest BCUT2D eigenvalue weighted by Crippen LogP contribution is 2.27. The molecule has 3 rings (SSSR count). The molecule has 0 amide bonds. The van der Waals surface area contributed by atoms with Crippen molar-refractivity contribution in [1.82, 2.24) is 0 Å². The fourth-order valence-corrected chi connectivity index (χ4v) is 2.27. The van der Waals surface area contributed by atoms with Gasteiger partial charge >= 0.3 is 0 Å². The summed E-state index contributed by atoms with van der Waals surface area (Å²) in [6, 6.07) is 16.1. The molecule has 90 valence electrons. The Balaban J connectivity index is 1.85. The first-order valence-corrected chi connectivity index (χ1v) is 6.35. The average Bonchev–Trinajstić information content (AvgIpc) is 2.41. The molecule has 0 radical (unpaired) electrons. The zero-order valence-electron chi connectivity index (χ0n) is 9.90. The molecule has 1 aliphatic heterocycles. The Bertz CT molecular complexity index is 584. The van der Waals surface area contributed by atoms with Crippen molar-refractivity contribution in [1.29, 1.82) is 0 Å². The second kappa shape index (κ2) is 4.87. The van der Waals surface area contributed by atoms with Gasteiger partial charge in [-0.25, -0.2) is 0 Å². The molecule has 1 nitrogen and oxygen atoms in total. The van der Waals surface area contributed by atoms with E-state index in [0.29, 0.717) is 6.61 Å². The second-order valence-corrected chi connectivity index (χ2v) is 4.86. The van der Waals surface area contributed by atoms with E-state index in [0.717, 1.165) is 22.8 Å². The van der Waals surface area contributed by atoms with Crippen LogP contribution in [-0.2, 0) is 6.42 Å². The van der Waals surface area contributed by atoms with Crippen molar-refractivity contribution in [2.75, 3.05) is 6.61 Å². The van der Waals surface area contributed by atoms with E-state index < -0.39 is 0 Å². The van der Waals surface area contributed by atoms with Crippen LogP contribution in [0.2, 0.25) is 5.02 Å². The maximum absolute atomic E-state index is 5.88. The Morgan fingerprint density at radius 2 is 1.78 bits per heavy atom. The molecule has 1 aliphatic rings. The molecule has 0 aliphatic carbocycles.